The first-order valence-electron chi connectivity index (χ1n) is 5.77. The minimum atomic E-state index is 0.571. The minimum Gasteiger partial charge on any atom is -0.362 e. The average molecular weight is 275 g/mol. The van der Waals surface area contributed by atoms with Crippen molar-refractivity contribution < 1.29 is 0 Å². The zero-order chi connectivity index (χ0) is 13.2. The van der Waals surface area contributed by atoms with Gasteiger partial charge >= 0.3 is 0 Å². The van der Waals surface area contributed by atoms with Crippen LogP contribution < -0.4 is 10.6 Å². The molecule has 0 atom stereocenters. The lowest BCUT2D eigenvalue weighted by atomic mass is 10.3. The summed E-state index contributed by atoms with van der Waals surface area (Å²) in [6.07, 6.45) is 1.68. The molecule has 0 spiro atoms. The van der Waals surface area contributed by atoms with Gasteiger partial charge in [0.15, 0.2) is 5.82 Å². The summed E-state index contributed by atoms with van der Waals surface area (Å²) in [6.45, 7) is 0.571. The highest BCUT2D eigenvalue weighted by atomic mass is 32.1. The van der Waals surface area contributed by atoms with Crippen molar-refractivity contribution in [2.75, 3.05) is 17.7 Å². The number of aryl methyl sites for hydroxylation is 1. The molecule has 0 unspecified atom stereocenters. The molecule has 3 aromatic rings. The summed E-state index contributed by atoms with van der Waals surface area (Å²) >= 11 is 1.59. The van der Waals surface area contributed by atoms with Crippen LogP contribution >= 0.6 is 11.3 Å². The summed E-state index contributed by atoms with van der Waals surface area (Å²) in [5.41, 5.74) is 0. The Morgan fingerprint density at radius 3 is 3.00 bits per heavy atom. The van der Waals surface area contributed by atoms with Gasteiger partial charge in [0.1, 0.15) is 17.0 Å². The Morgan fingerprint density at radius 2 is 2.26 bits per heavy atom. The van der Waals surface area contributed by atoms with Crippen molar-refractivity contribution in [3.63, 3.8) is 0 Å². The monoisotopic (exact) mass is 275 g/mol. The summed E-state index contributed by atoms with van der Waals surface area (Å²) in [4.78, 5) is 9.79. The van der Waals surface area contributed by atoms with E-state index in [0.717, 1.165) is 21.9 Å². The van der Waals surface area contributed by atoms with E-state index in [9.17, 15) is 0 Å². The van der Waals surface area contributed by atoms with Crippen LogP contribution in [0.15, 0.2) is 17.8 Å². The molecule has 0 amide bonds. The van der Waals surface area contributed by atoms with Gasteiger partial charge in [-0.15, -0.1) is 21.5 Å². The Kier molecular flexibility index (Phi) is 3.00. The van der Waals surface area contributed by atoms with Gasteiger partial charge in [0, 0.05) is 14.1 Å². The molecule has 0 bridgehead atoms. The zero-order valence-corrected chi connectivity index (χ0v) is 11.4. The van der Waals surface area contributed by atoms with E-state index in [1.807, 2.05) is 23.1 Å². The molecule has 8 heteroatoms. The summed E-state index contributed by atoms with van der Waals surface area (Å²) in [7, 11) is 3.72. The molecule has 2 N–H and O–H groups in total. The number of hydrogen-bond donors (Lipinski definition) is 2. The Bertz CT molecular complexity index is 702. The third-order valence-electron chi connectivity index (χ3n) is 2.77. The molecule has 0 saturated heterocycles. The number of aromatic nitrogens is 5. The van der Waals surface area contributed by atoms with Crippen LogP contribution in [0.3, 0.4) is 0 Å². The first kappa shape index (κ1) is 11.8. The molecule has 0 radical (unpaired) electrons. The van der Waals surface area contributed by atoms with Crippen LogP contribution in [0.2, 0.25) is 0 Å². The fourth-order valence-corrected chi connectivity index (χ4v) is 2.50. The van der Waals surface area contributed by atoms with Crippen molar-refractivity contribution in [3.8, 4) is 0 Å². The molecule has 0 aromatic carbocycles. The van der Waals surface area contributed by atoms with Gasteiger partial charge in [-0.1, -0.05) is 0 Å². The molecule has 3 heterocycles. The molecule has 0 fully saturated rings. The van der Waals surface area contributed by atoms with E-state index in [-0.39, 0.29) is 0 Å². The van der Waals surface area contributed by atoms with Crippen LogP contribution in [0.5, 0.6) is 0 Å². The Morgan fingerprint density at radius 1 is 1.37 bits per heavy atom. The normalized spacial score (nSPS) is 10.8. The van der Waals surface area contributed by atoms with E-state index in [1.54, 1.807) is 24.7 Å². The third-order valence-corrected chi connectivity index (χ3v) is 3.57. The van der Waals surface area contributed by atoms with E-state index in [0.29, 0.717) is 12.5 Å². The van der Waals surface area contributed by atoms with Gasteiger partial charge in [0.05, 0.1) is 11.9 Å². The Hall–Kier alpha value is -2.22. The third kappa shape index (κ3) is 2.22. The molecule has 0 saturated carbocycles. The predicted molar refractivity (Wildman–Crippen MR) is 75.3 cm³/mol. The lowest BCUT2D eigenvalue weighted by molar-refractivity contribution is 0.810. The highest BCUT2D eigenvalue weighted by Crippen LogP contribution is 2.26. The number of fused-ring (bicyclic) bond motifs is 1. The standard InChI is InChI=1S/C11H13N7S/c1-12-11-15-9(7-3-4-19-10(7)16-11)13-5-8-17-14-6-18(8)2/h3-4,6H,5H2,1-2H3,(H2,12,13,15,16). The van der Waals surface area contributed by atoms with Crippen molar-refractivity contribution in [2.45, 2.75) is 6.54 Å². The molecule has 19 heavy (non-hydrogen) atoms. The number of hydrogen-bond acceptors (Lipinski definition) is 7. The van der Waals surface area contributed by atoms with Crippen LogP contribution in [0.1, 0.15) is 5.82 Å². The predicted octanol–water partition coefficient (Wildman–Crippen LogP) is 1.47. The molecule has 0 aliphatic heterocycles. The van der Waals surface area contributed by atoms with Crippen molar-refractivity contribution >= 4 is 33.3 Å². The number of thiophene rings is 1. The average Bonchev–Trinajstić information content (AvgIpc) is 3.04. The van der Waals surface area contributed by atoms with Crippen LogP contribution in [0.4, 0.5) is 11.8 Å². The van der Waals surface area contributed by atoms with Gasteiger partial charge in [-0.25, -0.2) is 4.98 Å². The van der Waals surface area contributed by atoms with Crippen LogP contribution in [0.25, 0.3) is 10.2 Å². The van der Waals surface area contributed by atoms with E-state index < -0.39 is 0 Å². The maximum absolute atomic E-state index is 4.44. The second-order valence-corrected chi connectivity index (χ2v) is 4.89. The topological polar surface area (TPSA) is 80.5 Å². The lowest BCUT2D eigenvalue weighted by Crippen LogP contribution is -2.08. The number of anilines is 2. The van der Waals surface area contributed by atoms with Crippen molar-refractivity contribution in [1.82, 2.24) is 24.7 Å². The molecular formula is C11H13N7S. The maximum atomic E-state index is 4.44. The molecule has 0 aliphatic rings. The Balaban J connectivity index is 1.91. The molecule has 3 aromatic heterocycles. The number of nitrogens with one attached hydrogen (secondary N) is 2. The van der Waals surface area contributed by atoms with Crippen molar-refractivity contribution in [2.24, 2.45) is 7.05 Å². The number of rotatable bonds is 4. The number of nitrogens with zero attached hydrogens (tertiary/aromatic N) is 5. The molecule has 3 rings (SSSR count). The second kappa shape index (κ2) is 4.81. The molecule has 7 nitrogen and oxygen atoms in total. The first-order chi connectivity index (χ1) is 9.28. The molecule has 0 aliphatic carbocycles. The van der Waals surface area contributed by atoms with Crippen LogP contribution in [-0.4, -0.2) is 31.8 Å². The van der Waals surface area contributed by atoms with Gasteiger partial charge in [-0.3, -0.25) is 0 Å². The fourth-order valence-electron chi connectivity index (χ4n) is 1.73. The summed E-state index contributed by atoms with van der Waals surface area (Å²) in [5.74, 6) is 2.27. The van der Waals surface area contributed by atoms with Crippen LogP contribution in [0, 0.1) is 0 Å². The van der Waals surface area contributed by atoms with E-state index in [2.05, 4.69) is 30.8 Å². The maximum Gasteiger partial charge on any atom is 0.225 e. The van der Waals surface area contributed by atoms with Crippen molar-refractivity contribution in [1.29, 1.82) is 0 Å². The van der Waals surface area contributed by atoms with Gasteiger partial charge in [0.25, 0.3) is 0 Å². The first-order valence-corrected chi connectivity index (χ1v) is 6.65. The second-order valence-electron chi connectivity index (χ2n) is 4.00. The fraction of sp³-hybridized carbons (Fsp3) is 0.273. The summed E-state index contributed by atoms with van der Waals surface area (Å²) in [5, 5.41) is 17.2. The minimum absolute atomic E-state index is 0.571. The largest absolute Gasteiger partial charge is 0.362 e. The zero-order valence-electron chi connectivity index (χ0n) is 10.6. The summed E-state index contributed by atoms with van der Waals surface area (Å²) < 4.78 is 1.87. The van der Waals surface area contributed by atoms with E-state index >= 15 is 0 Å². The SMILES string of the molecule is CNc1nc(NCc2nncn2C)c2ccsc2n1. The highest BCUT2D eigenvalue weighted by Gasteiger charge is 2.09. The van der Waals surface area contributed by atoms with E-state index in [4.69, 9.17) is 0 Å². The Labute approximate surface area is 113 Å². The van der Waals surface area contributed by atoms with Crippen LogP contribution in [-0.2, 0) is 13.6 Å². The highest BCUT2D eigenvalue weighted by molar-refractivity contribution is 7.16. The van der Waals surface area contributed by atoms with Gasteiger partial charge in [0.2, 0.25) is 5.95 Å². The van der Waals surface area contributed by atoms with Gasteiger partial charge in [-0.2, -0.15) is 4.98 Å². The van der Waals surface area contributed by atoms with E-state index in [1.165, 1.54) is 0 Å². The smallest absolute Gasteiger partial charge is 0.225 e. The quantitative estimate of drug-likeness (QED) is 0.750. The van der Waals surface area contributed by atoms with Gasteiger partial charge in [-0.05, 0) is 11.4 Å². The summed E-state index contributed by atoms with van der Waals surface area (Å²) in [6, 6.07) is 2.01. The van der Waals surface area contributed by atoms with Crippen molar-refractivity contribution in [3.05, 3.63) is 23.6 Å². The molecular weight excluding hydrogens is 262 g/mol. The van der Waals surface area contributed by atoms with Gasteiger partial charge < -0.3 is 15.2 Å². The molecule has 98 valence electrons. The lowest BCUT2D eigenvalue weighted by Gasteiger charge is -2.08.